The van der Waals surface area contributed by atoms with Gasteiger partial charge < -0.3 is 19.1 Å². The van der Waals surface area contributed by atoms with Crippen LogP contribution in [0.3, 0.4) is 0 Å². The first kappa shape index (κ1) is 14.4. The molecule has 1 aromatic heterocycles. The molecule has 110 valence electrons. The molecule has 0 spiro atoms. The number of carbonyl (C=O) groups is 2. The quantitative estimate of drug-likeness (QED) is 0.814. The van der Waals surface area contributed by atoms with Gasteiger partial charge in [-0.25, -0.2) is 4.79 Å². The number of hydrogen-bond donors (Lipinski definition) is 0. The standard InChI is InChI=1S/C13H19N3O4/c1-4-19-13(18)16-7-5-15(6-8-16)12(17)11-9(2)10(3)20-14-11/h4-8H2,1-3H3. The molecule has 0 atom stereocenters. The molecule has 0 N–H and O–H groups in total. The predicted molar refractivity (Wildman–Crippen MR) is 70.5 cm³/mol. The molecule has 0 radical (unpaired) electrons. The van der Waals surface area contributed by atoms with Crippen LogP contribution in [-0.2, 0) is 4.74 Å². The Morgan fingerprint density at radius 1 is 1.20 bits per heavy atom. The Labute approximate surface area is 117 Å². The van der Waals surface area contributed by atoms with Crippen LogP contribution in [-0.4, -0.2) is 59.7 Å². The van der Waals surface area contributed by atoms with Gasteiger partial charge in [0.2, 0.25) is 0 Å². The van der Waals surface area contributed by atoms with Gasteiger partial charge in [-0.3, -0.25) is 4.79 Å². The molecular formula is C13H19N3O4. The number of ether oxygens (including phenoxy) is 1. The van der Waals surface area contributed by atoms with E-state index in [1.807, 2.05) is 6.92 Å². The maximum Gasteiger partial charge on any atom is 0.409 e. The second kappa shape index (κ2) is 5.94. The van der Waals surface area contributed by atoms with Crippen LogP contribution in [0.5, 0.6) is 0 Å². The number of carbonyl (C=O) groups excluding carboxylic acids is 2. The summed E-state index contributed by atoms with van der Waals surface area (Å²) in [6.45, 7) is 7.61. The monoisotopic (exact) mass is 281 g/mol. The Kier molecular flexibility index (Phi) is 4.26. The number of rotatable bonds is 2. The third kappa shape index (κ3) is 2.76. The van der Waals surface area contributed by atoms with Crippen molar-refractivity contribution in [3.8, 4) is 0 Å². The SMILES string of the molecule is CCOC(=O)N1CCN(C(=O)c2noc(C)c2C)CC1. The highest BCUT2D eigenvalue weighted by molar-refractivity contribution is 5.93. The van der Waals surface area contributed by atoms with Gasteiger partial charge in [0.1, 0.15) is 5.76 Å². The molecule has 2 heterocycles. The van der Waals surface area contributed by atoms with Crippen LogP contribution in [0, 0.1) is 13.8 Å². The third-order valence-corrected chi connectivity index (χ3v) is 3.45. The Morgan fingerprint density at radius 3 is 2.30 bits per heavy atom. The highest BCUT2D eigenvalue weighted by Gasteiger charge is 2.28. The molecule has 0 bridgehead atoms. The van der Waals surface area contributed by atoms with Crippen LogP contribution in [0.2, 0.25) is 0 Å². The molecule has 1 aliphatic rings. The van der Waals surface area contributed by atoms with E-state index in [0.717, 1.165) is 5.56 Å². The molecule has 0 aliphatic carbocycles. The maximum absolute atomic E-state index is 12.3. The normalized spacial score (nSPS) is 15.3. The van der Waals surface area contributed by atoms with Crippen molar-refractivity contribution < 1.29 is 18.8 Å². The van der Waals surface area contributed by atoms with Crippen molar-refractivity contribution in [2.75, 3.05) is 32.8 Å². The molecule has 2 amide bonds. The lowest BCUT2D eigenvalue weighted by Crippen LogP contribution is -2.50. The Hall–Kier alpha value is -2.05. The van der Waals surface area contributed by atoms with Crippen LogP contribution in [0.1, 0.15) is 28.7 Å². The zero-order valence-electron chi connectivity index (χ0n) is 12.0. The van der Waals surface area contributed by atoms with E-state index in [4.69, 9.17) is 9.26 Å². The zero-order chi connectivity index (χ0) is 14.7. The van der Waals surface area contributed by atoms with Gasteiger partial charge in [0, 0.05) is 31.7 Å². The third-order valence-electron chi connectivity index (χ3n) is 3.45. The smallest absolute Gasteiger partial charge is 0.409 e. The number of nitrogens with zero attached hydrogens (tertiary/aromatic N) is 3. The lowest BCUT2D eigenvalue weighted by atomic mass is 10.2. The maximum atomic E-state index is 12.3. The minimum atomic E-state index is -0.326. The second-order valence-electron chi connectivity index (χ2n) is 4.69. The van der Waals surface area contributed by atoms with Crippen molar-refractivity contribution in [3.63, 3.8) is 0 Å². The van der Waals surface area contributed by atoms with Gasteiger partial charge in [0.25, 0.3) is 5.91 Å². The molecule has 2 rings (SSSR count). The van der Waals surface area contributed by atoms with Gasteiger partial charge >= 0.3 is 6.09 Å². The molecule has 0 saturated carbocycles. The summed E-state index contributed by atoms with van der Waals surface area (Å²) in [5.74, 6) is 0.501. The minimum Gasteiger partial charge on any atom is -0.450 e. The highest BCUT2D eigenvalue weighted by atomic mass is 16.6. The zero-order valence-corrected chi connectivity index (χ0v) is 12.0. The van der Waals surface area contributed by atoms with Gasteiger partial charge in [0.05, 0.1) is 6.61 Å². The van der Waals surface area contributed by atoms with E-state index in [2.05, 4.69) is 5.16 Å². The van der Waals surface area contributed by atoms with Gasteiger partial charge in [-0.2, -0.15) is 0 Å². The molecule has 1 saturated heterocycles. The highest BCUT2D eigenvalue weighted by Crippen LogP contribution is 2.15. The average molecular weight is 281 g/mol. The first-order chi connectivity index (χ1) is 9.54. The molecular weight excluding hydrogens is 262 g/mol. The number of aryl methyl sites for hydroxylation is 1. The van der Waals surface area contributed by atoms with Crippen LogP contribution in [0.4, 0.5) is 4.79 Å². The fourth-order valence-corrected chi connectivity index (χ4v) is 2.07. The number of aromatic nitrogens is 1. The summed E-state index contributed by atoms with van der Waals surface area (Å²) in [6.07, 6.45) is -0.326. The number of hydrogen-bond acceptors (Lipinski definition) is 5. The van der Waals surface area contributed by atoms with E-state index < -0.39 is 0 Å². The Morgan fingerprint density at radius 2 is 1.80 bits per heavy atom. The summed E-state index contributed by atoms with van der Waals surface area (Å²) >= 11 is 0. The number of piperazine rings is 1. The summed E-state index contributed by atoms with van der Waals surface area (Å²) in [7, 11) is 0. The van der Waals surface area contributed by atoms with Crippen molar-refractivity contribution >= 4 is 12.0 Å². The predicted octanol–water partition coefficient (Wildman–Crippen LogP) is 1.21. The van der Waals surface area contributed by atoms with E-state index in [1.165, 1.54) is 0 Å². The van der Waals surface area contributed by atoms with Gasteiger partial charge in [-0.15, -0.1) is 0 Å². The molecule has 0 unspecified atom stereocenters. The van der Waals surface area contributed by atoms with Gasteiger partial charge in [-0.1, -0.05) is 5.16 Å². The topological polar surface area (TPSA) is 75.9 Å². The molecule has 7 nitrogen and oxygen atoms in total. The first-order valence-corrected chi connectivity index (χ1v) is 6.68. The molecule has 1 fully saturated rings. The molecule has 1 aliphatic heterocycles. The van der Waals surface area contributed by atoms with Crippen molar-refractivity contribution in [1.29, 1.82) is 0 Å². The van der Waals surface area contributed by atoms with E-state index in [9.17, 15) is 9.59 Å². The summed E-state index contributed by atoms with van der Waals surface area (Å²) in [6, 6.07) is 0. The Balaban J connectivity index is 1.95. The summed E-state index contributed by atoms with van der Waals surface area (Å²) in [5.41, 5.74) is 1.12. The Bertz CT molecular complexity index is 504. The van der Waals surface area contributed by atoms with E-state index in [-0.39, 0.29) is 12.0 Å². The van der Waals surface area contributed by atoms with Crippen molar-refractivity contribution in [1.82, 2.24) is 15.0 Å². The summed E-state index contributed by atoms with van der Waals surface area (Å²) < 4.78 is 9.96. The van der Waals surface area contributed by atoms with Crippen LogP contribution in [0.15, 0.2) is 4.52 Å². The molecule has 1 aromatic rings. The summed E-state index contributed by atoms with van der Waals surface area (Å²) in [5, 5.41) is 3.80. The van der Waals surface area contributed by atoms with Gasteiger partial charge in [-0.05, 0) is 20.8 Å². The lowest BCUT2D eigenvalue weighted by molar-refractivity contribution is 0.0562. The van der Waals surface area contributed by atoms with Crippen molar-refractivity contribution in [3.05, 3.63) is 17.0 Å². The van der Waals surface area contributed by atoms with E-state index in [1.54, 1.807) is 23.6 Å². The fraction of sp³-hybridized carbons (Fsp3) is 0.615. The van der Waals surface area contributed by atoms with Crippen LogP contribution >= 0.6 is 0 Å². The molecule has 0 aromatic carbocycles. The molecule has 7 heteroatoms. The fourth-order valence-electron chi connectivity index (χ4n) is 2.07. The van der Waals surface area contributed by atoms with Crippen molar-refractivity contribution in [2.45, 2.75) is 20.8 Å². The minimum absolute atomic E-state index is 0.150. The largest absolute Gasteiger partial charge is 0.450 e. The first-order valence-electron chi connectivity index (χ1n) is 6.68. The van der Waals surface area contributed by atoms with E-state index in [0.29, 0.717) is 44.2 Å². The molecule has 20 heavy (non-hydrogen) atoms. The van der Waals surface area contributed by atoms with Gasteiger partial charge in [0.15, 0.2) is 5.69 Å². The van der Waals surface area contributed by atoms with Crippen LogP contribution in [0.25, 0.3) is 0 Å². The van der Waals surface area contributed by atoms with Crippen molar-refractivity contribution in [2.24, 2.45) is 0 Å². The van der Waals surface area contributed by atoms with E-state index >= 15 is 0 Å². The summed E-state index contributed by atoms with van der Waals surface area (Å²) in [4.78, 5) is 27.2. The average Bonchev–Trinajstić information content (AvgIpc) is 2.79. The second-order valence-corrected chi connectivity index (χ2v) is 4.69. The number of amides is 2. The van der Waals surface area contributed by atoms with Crippen LogP contribution < -0.4 is 0 Å². The lowest BCUT2D eigenvalue weighted by Gasteiger charge is -2.33.